The SMILES string of the molecule is CCS(=O)(=O)c1cccc(S(=O)(=O)NC2CCNCC2C)c1.Cl. The zero-order valence-electron chi connectivity index (χ0n) is 13.2. The van der Waals surface area contributed by atoms with E-state index in [9.17, 15) is 16.8 Å². The predicted octanol–water partition coefficient (Wildman–Crippen LogP) is 1.18. The van der Waals surface area contributed by atoms with Crippen molar-refractivity contribution in [3.8, 4) is 0 Å². The molecule has 2 unspecified atom stereocenters. The Morgan fingerprint density at radius 3 is 2.48 bits per heavy atom. The molecule has 2 N–H and O–H groups in total. The number of halogens is 1. The number of sulfone groups is 1. The highest BCUT2D eigenvalue weighted by Gasteiger charge is 2.27. The molecule has 0 spiro atoms. The maximum absolute atomic E-state index is 12.5. The Bertz CT molecular complexity index is 735. The molecule has 2 atom stereocenters. The quantitative estimate of drug-likeness (QED) is 0.797. The first-order chi connectivity index (χ1) is 10.3. The third-order valence-corrected chi connectivity index (χ3v) is 7.17. The lowest BCUT2D eigenvalue weighted by Gasteiger charge is -2.30. The van der Waals surface area contributed by atoms with E-state index in [1.807, 2.05) is 6.92 Å². The minimum absolute atomic E-state index is 0. The van der Waals surface area contributed by atoms with E-state index in [-0.39, 0.29) is 39.9 Å². The molecule has 1 saturated heterocycles. The van der Waals surface area contributed by atoms with Crippen LogP contribution in [-0.2, 0) is 19.9 Å². The van der Waals surface area contributed by atoms with Crippen LogP contribution in [0.3, 0.4) is 0 Å². The Kier molecular flexibility index (Phi) is 7.03. The lowest BCUT2D eigenvalue weighted by Crippen LogP contribution is -2.48. The highest BCUT2D eigenvalue weighted by molar-refractivity contribution is 7.91. The summed E-state index contributed by atoms with van der Waals surface area (Å²) in [7, 11) is -7.15. The van der Waals surface area contributed by atoms with Gasteiger partial charge in [-0.2, -0.15) is 0 Å². The molecule has 6 nitrogen and oxygen atoms in total. The van der Waals surface area contributed by atoms with Crippen molar-refractivity contribution >= 4 is 32.3 Å². The number of rotatable bonds is 5. The van der Waals surface area contributed by atoms with E-state index in [2.05, 4.69) is 10.0 Å². The van der Waals surface area contributed by atoms with Crippen LogP contribution < -0.4 is 10.0 Å². The Labute approximate surface area is 144 Å². The average molecular weight is 383 g/mol. The third kappa shape index (κ3) is 4.90. The molecule has 9 heteroatoms. The van der Waals surface area contributed by atoms with Crippen molar-refractivity contribution in [1.82, 2.24) is 10.0 Å². The maximum Gasteiger partial charge on any atom is 0.240 e. The third-order valence-electron chi connectivity index (χ3n) is 3.95. The molecule has 132 valence electrons. The second-order valence-electron chi connectivity index (χ2n) is 5.58. The minimum atomic E-state index is -3.73. The number of sulfonamides is 1. The van der Waals surface area contributed by atoms with Crippen LogP contribution in [0.5, 0.6) is 0 Å². The Morgan fingerprint density at radius 1 is 1.22 bits per heavy atom. The summed E-state index contributed by atoms with van der Waals surface area (Å²) in [4.78, 5) is 0.0315. The number of hydrogen-bond donors (Lipinski definition) is 2. The fourth-order valence-electron chi connectivity index (χ4n) is 2.46. The molecular weight excluding hydrogens is 360 g/mol. The van der Waals surface area contributed by atoms with Crippen LogP contribution in [0, 0.1) is 5.92 Å². The van der Waals surface area contributed by atoms with E-state index in [1.165, 1.54) is 31.2 Å². The van der Waals surface area contributed by atoms with Gasteiger partial charge in [0.1, 0.15) is 0 Å². The topological polar surface area (TPSA) is 92.3 Å². The molecule has 23 heavy (non-hydrogen) atoms. The second-order valence-corrected chi connectivity index (χ2v) is 9.57. The molecule has 1 aliphatic heterocycles. The van der Waals surface area contributed by atoms with Crippen LogP contribution in [0.4, 0.5) is 0 Å². The first-order valence-corrected chi connectivity index (χ1v) is 10.5. The Balaban J connectivity index is 0.00000264. The monoisotopic (exact) mass is 382 g/mol. The molecular formula is C14H23ClN2O4S2. The van der Waals surface area contributed by atoms with Gasteiger partial charge in [-0.05, 0) is 43.6 Å². The van der Waals surface area contributed by atoms with Gasteiger partial charge in [0.15, 0.2) is 9.84 Å². The molecule has 0 aromatic heterocycles. The summed E-state index contributed by atoms with van der Waals surface area (Å²) in [6.45, 7) is 5.04. The van der Waals surface area contributed by atoms with Crippen molar-refractivity contribution < 1.29 is 16.8 Å². The largest absolute Gasteiger partial charge is 0.316 e. The second kappa shape index (κ2) is 7.94. The minimum Gasteiger partial charge on any atom is -0.316 e. The summed E-state index contributed by atoms with van der Waals surface area (Å²) >= 11 is 0. The summed E-state index contributed by atoms with van der Waals surface area (Å²) < 4.78 is 51.5. The predicted molar refractivity (Wildman–Crippen MR) is 92.2 cm³/mol. The molecule has 1 aliphatic rings. The summed E-state index contributed by atoms with van der Waals surface area (Å²) in [6, 6.07) is 5.39. The number of nitrogens with one attached hydrogen (secondary N) is 2. The molecule has 1 heterocycles. The fraction of sp³-hybridized carbons (Fsp3) is 0.571. The normalized spacial score (nSPS) is 22.3. The Hall–Kier alpha value is -0.670. The molecule has 1 fully saturated rings. The molecule has 0 bridgehead atoms. The van der Waals surface area contributed by atoms with E-state index < -0.39 is 19.9 Å². The molecule has 0 aliphatic carbocycles. The van der Waals surface area contributed by atoms with Gasteiger partial charge in [-0.15, -0.1) is 12.4 Å². The zero-order chi connectivity index (χ0) is 16.4. The van der Waals surface area contributed by atoms with Crippen LogP contribution >= 0.6 is 12.4 Å². The standard InChI is InChI=1S/C14H22N2O4S2.ClH/c1-3-21(17,18)12-5-4-6-13(9-12)22(19,20)16-14-7-8-15-10-11(14)2;/h4-6,9,11,14-16H,3,7-8,10H2,1-2H3;1H. The van der Waals surface area contributed by atoms with Gasteiger partial charge in [0.05, 0.1) is 15.5 Å². The summed E-state index contributed by atoms with van der Waals surface area (Å²) in [5, 5.41) is 3.21. The van der Waals surface area contributed by atoms with Gasteiger partial charge in [0, 0.05) is 6.04 Å². The first kappa shape index (κ1) is 20.4. The van der Waals surface area contributed by atoms with E-state index >= 15 is 0 Å². The van der Waals surface area contributed by atoms with Crippen LogP contribution in [0.2, 0.25) is 0 Å². The fourth-order valence-corrected chi connectivity index (χ4v) is 4.88. The highest BCUT2D eigenvalue weighted by atomic mass is 35.5. The van der Waals surface area contributed by atoms with Crippen LogP contribution in [0.15, 0.2) is 34.1 Å². The molecule has 1 aromatic carbocycles. The summed E-state index contributed by atoms with van der Waals surface area (Å²) in [5.41, 5.74) is 0. The van der Waals surface area contributed by atoms with Gasteiger partial charge in [-0.25, -0.2) is 21.6 Å². The zero-order valence-corrected chi connectivity index (χ0v) is 15.6. The van der Waals surface area contributed by atoms with Gasteiger partial charge < -0.3 is 5.32 Å². The molecule has 0 amide bonds. The summed E-state index contributed by atoms with van der Waals surface area (Å²) in [6.07, 6.45) is 0.716. The number of benzene rings is 1. The molecule has 2 rings (SSSR count). The lowest BCUT2D eigenvalue weighted by molar-refractivity contribution is 0.328. The van der Waals surface area contributed by atoms with Gasteiger partial charge in [-0.1, -0.05) is 19.9 Å². The van der Waals surface area contributed by atoms with Crippen molar-refractivity contribution in [2.75, 3.05) is 18.8 Å². The number of hydrogen-bond acceptors (Lipinski definition) is 5. The van der Waals surface area contributed by atoms with Crippen LogP contribution in [0.25, 0.3) is 0 Å². The van der Waals surface area contributed by atoms with Crippen molar-refractivity contribution in [3.63, 3.8) is 0 Å². The van der Waals surface area contributed by atoms with Crippen LogP contribution in [-0.4, -0.2) is 41.7 Å². The maximum atomic E-state index is 12.5. The van der Waals surface area contributed by atoms with E-state index in [1.54, 1.807) is 0 Å². The molecule has 0 radical (unpaired) electrons. The Morgan fingerprint density at radius 2 is 1.87 bits per heavy atom. The van der Waals surface area contributed by atoms with Crippen LogP contribution in [0.1, 0.15) is 20.3 Å². The van der Waals surface area contributed by atoms with Crippen molar-refractivity contribution in [3.05, 3.63) is 24.3 Å². The van der Waals surface area contributed by atoms with E-state index in [4.69, 9.17) is 0 Å². The molecule has 1 aromatic rings. The van der Waals surface area contributed by atoms with Gasteiger partial charge in [0.25, 0.3) is 0 Å². The van der Waals surface area contributed by atoms with Gasteiger partial charge in [-0.3, -0.25) is 0 Å². The van der Waals surface area contributed by atoms with Crippen molar-refractivity contribution in [2.45, 2.75) is 36.1 Å². The average Bonchev–Trinajstić information content (AvgIpc) is 2.49. The van der Waals surface area contributed by atoms with Gasteiger partial charge in [0.2, 0.25) is 10.0 Å². The first-order valence-electron chi connectivity index (χ1n) is 7.32. The summed E-state index contributed by atoms with van der Waals surface area (Å²) in [5.74, 6) is 0.126. The number of piperidine rings is 1. The van der Waals surface area contributed by atoms with E-state index in [0.29, 0.717) is 6.42 Å². The van der Waals surface area contributed by atoms with Crippen molar-refractivity contribution in [1.29, 1.82) is 0 Å². The van der Waals surface area contributed by atoms with Gasteiger partial charge >= 0.3 is 0 Å². The van der Waals surface area contributed by atoms with E-state index in [0.717, 1.165) is 13.1 Å². The lowest BCUT2D eigenvalue weighted by atomic mass is 9.97. The van der Waals surface area contributed by atoms with Crippen molar-refractivity contribution in [2.24, 2.45) is 5.92 Å². The highest BCUT2D eigenvalue weighted by Crippen LogP contribution is 2.19. The molecule has 0 saturated carbocycles. The smallest absolute Gasteiger partial charge is 0.240 e.